The standard InChI is InChI=1S/C11H13BrClNO/c1-14(7-6-12)11(15)8-9-4-2-3-5-10(9)13/h2-5H,6-8H2,1H3. The molecule has 0 bridgehead atoms. The predicted octanol–water partition coefficient (Wildman–Crippen LogP) is 2.74. The molecule has 2 nitrogen and oxygen atoms in total. The van der Waals surface area contributed by atoms with Gasteiger partial charge in [0.2, 0.25) is 5.91 Å². The third-order valence-corrected chi connectivity index (χ3v) is 2.87. The van der Waals surface area contributed by atoms with Crippen LogP contribution >= 0.6 is 27.5 Å². The summed E-state index contributed by atoms with van der Waals surface area (Å²) >= 11 is 9.27. The molecule has 82 valence electrons. The molecule has 0 unspecified atom stereocenters. The van der Waals surface area contributed by atoms with Crippen LogP contribution in [0.5, 0.6) is 0 Å². The first kappa shape index (κ1) is 12.5. The molecule has 0 saturated carbocycles. The number of hydrogen-bond acceptors (Lipinski definition) is 1. The van der Waals surface area contributed by atoms with Gasteiger partial charge in [0.15, 0.2) is 0 Å². The minimum atomic E-state index is 0.0857. The Bertz CT molecular complexity index is 343. The van der Waals surface area contributed by atoms with Crippen LogP contribution in [0.3, 0.4) is 0 Å². The highest BCUT2D eigenvalue weighted by atomic mass is 79.9. The second kappa shape index (κ2) is 6.13. The van der Waals surface area contributed by atoms with E-state index in [4.69, 9.17) is 11.6 Å². The predicted molar refractivity (Wildman–Crippen MR) is 66.6 cm³/mol. The Hall–Kier alpha value is -0.540. The lowest BCUT2D eigenvalue weighted by Crippen LogP contribution is -2.29. The number of hydrogen-bond donors (Lipinski definition) is 0. The van der Waals surface area contributed by atoms with E-state index >= 15 is 0 Å². The van der Waals surface area contributed by atoms with Crippen molar-refractivity contribution in [3.8, 4) is 0 Å². The van der Waals surface area contributed by atoms with Gasteiger partial charge < -0.3 is 4.90 Å². The smallest absolute Gasteiger partial charge is 0.226 e. The monoisotopic (exact) mass is 289 g/mol. The highest BCUT2D eigenvalue weighted by Crippen LogP contribution is 2.15. The largest absolute Gasteiger partial charge is 0.345 e. The maximum Gasteiger partial charge on any atom is 0.226 e. The van der Waals surface area contributed by atoms with E-state index in [1.54, 1.807) is 18.0 Å². The summed E-state index contributed by atoms with van der Waals surface area (Å²) in [6.45, 7) is 0.712. The zero-order valence-electron chi connectivity index (χ0n) is 8.54. The molecule has 0 aliphatic heterocycles. The van der Waals surface area contributed by atoms with Crippen molar-refractivity contribution in [2.24, 2.45) is 0 Å². The van der Waals surface area contributed by atoms with Gasteiger partial charge in [0.05, 0.1) is 6.42 Å². The number of halogens is 2. The van der Waals surface area contributed by atoms with Crippen molar-refractivity contribution < 1.29 is 4.79 Å². The highest BCUT2D eigenvalue weighted by Gasteiger charge is 2.10. The summed E-state index contributed by atoms with van der Waals surface area (Å²) in [4.78, 5) is 13.4. The molecule has 1 aromatic carbocycles. The van der Waals surface area contributed by atoms with Crippen LogP contribution in [-0.4, -0.2) is 29.7 Å². The summed E-state index contributed by atoms with van der Waals surface area (Å²) < 4.78 is 0. The van der Waals surface area contributed by atoms with E-state index in [0.29, 0.717) is 18.0 Å². The third-order valence-electron chi connectivity index (χ3n) is 2.15. The number of amides is 1. The molecule has 0 spiro atoms. The van der Waals surface area contributed by atoms with E-state index in [9.17, 15) is 4.79 Å². The first-order valence-corrected chi connectivity index (χ1v) is 6.18. The Morgan fingerprint density at radius 1 is 1.47 bits per heavy atom. The van der Waals surface area contributed by atoms with E-state index in [1.165, 1.54) is 0 Å². The Labute approximate surface area is 103 Å². The van der Waals surface area contributed by atoms with Crippen molar-refractivity contribution in [3.63, 3.8) is 0 Å². The van der Waals surface area contributed by atoms with Gasteiger partial charge in [-0.05, 0) is 11.6 Å². The maximum atomic E-state index is 11.7. The van der Waals surface area contributed by atoms with Gasteiger partial charge in [0.1, 0.15) is 0 Å². The van der Waals surface area contributed by atoms with E-state index in [0.717, 1.165) is 10.9 Å². The van der Waals surface area contributed by atoms with Gasteiger partial charge in [-0.3, -0.25) is 4.79 Å². The molecule has 15 heavy (non-hydrogen) atoms. The Kier molecular flexibility index (Phi) is 5.12. The van der Waals surface area contributed by atoms with Crippen molar-refractivity contribution in [1.29, 1.82) is 0 Å². The topological polar surface area (TPSA) is 20.3 Å². The first-order valence-electron chi connectivity index (χ1n) is 4.68. The fourth-order valence-electron chi connectivity index (χ4n) is 1.19. The number of carbonyl (C=O) groups is 1. The Balaban J connectivity index is 2.62. The van der Waals surface area contributed by atoms with Crippen LogP contribution in [0.15, 0.2) is 24.3 Å². The van der Waals surface area contributed by atoms with Gasteiger partial charge in [0, 0.05) is 23.9 Å². The normalized spacial score (nSPS) is 10.1. The van der Waals surface area contributed by atoms with Gasteiger partial charge in [-0.2, -0.15) is 0 Å². The third kappa shape index (κ3) is 3.84. The van der Waals surface area contributed by atoms with Crippen molar-refractivity contribution in [2.45, 2.75) is 6.42 Å². The molecule has 1 amide bonds. The number of carbonyl (C=O) groups excluding carboxylic acids is 1. The molecule has 0 radical (unpaired) electrons. The quantitative estimate of drug-likeness (QED) is 0.781. The van der Waals surface area contributed by atoms with Crippen LogP contribution in [0.1, 0.15) is 5.56 Å². The van der Waals surface area contributed by atoms with Gasteiger partial charge in [-0.25, -0.2) is 0 Å². The second-order valence-corrected chi connectivity index (χ2v) is 4.47. The van der Waals surface area contributed by atoms with E-state index in [1.807, 2.05) is 18.2 Å². The summed E-state index contributed by atoms with van der Waals surface area (Å²) in [6, 6.07) is 7.42. The minimum absolute atomic E-state index is 0.0857. The van der Waals surface area contributed by atoms with Crippen LogP contribution < -0.4 is 0 Å². The molecule has 1 rings (SSSR count). The Morgan fingerprint density at radius 3 is 2.73 bits per heavy atom. The fourth-order valence-corrected chi connectivity index (χ4v) is 1.93. The summed E-state index contributed by atoms with van der Waals surface area (Å²) in [5.74, 6) is 0.0857. The van der Waals surface area contributed by atoms with Crippen LogP contribution in [0.25, 0.3) is 0 Å². The molecule has 0 fully saturated rings. The number of likely N-dealkylation sites (N-methyl/N-ethyl adjacent to an activating group) is 1. The lowest BCUT2D eigenvalue weighted by atomic mass is 10.1. The molecule has 0 saturated heterocycles. The number of alkyl halides is 1. The zero-order valence-corrected chi connectivity index (χ0v) is 10.9. The van der Waals surface area contributed by atoms with Gasteiger partial charge in [-0.15, -0.1) is 0 Å². The highest BCUT2D eigenvalue weighted by molar-refractivity contribution is 9.09. The molecule has 1 aromatic rings. The van der Waals surface area contributed by atoms with Crippen molar-refractivity contribution in [3.05, 3.63) is 34.9 Å². The molecule has 0 heterocycles. The number of benzene rings is 1. The van der Waals surface area contributed by atoms with E-state index < -0.39 is 0 Å². The number of nitrogens with zero attached hydrogens (tertiary/aromatic N) is 1. The molecule has 0 atom stereocenters. The summed E-state index contributed by atoms with van der Waals surface area (Å²) in [5, 5.41) is 1.44. The molecule has 0 aliphatic carbocycles. The number of rotatable bonds is 4. The maximum absolute atomic E-state index is 11.7. The van der Waals surface area contributed by atoms with Crippen LogP contribution in [0.4, 0.5) is 0 Å². The molecule has 0 N–H and O–H groups in total. The average Bonchev–Trinajstić information content (AvgIpc) is 2.21. The van der Waals surface area contributed by atoms with E-state index in [2.05, 4.69) is 15.9 Å². The molecule has 0 aromatic heterocycles. The van der Waals surface area contributed by atoms with Crippen LogP contribution in [0.2, 0.25) is 5.02 Å². The SMILES string of the molecule is CN(CCBr)C(=O)Cc1ccccc1Cl. The zero-order chi connectivity index (χ0) is 11.3. The van der Waals surface area contributed by atoms with Gasteiger partial charge in [-0.1, -0.05) is 45.7 Å². The lowest BCUT2D eigenvalue weighted by molar-refractivity contribution is -0.128. The van der Waals surface area contributed by atoms with Crippen molar-refractivity contribution in [2.75, 3.05) is 18.9 Å². The summed E-state index contributed by atoms with van der Waals surface area (Å²) in [7, 11) is 1.79. The van der Waals surface area contributed by atoms with Crippen LogP contribution in [-0.2, 0) is 11.2 Å². The fraction of sp³-hybridized carbons (Fsp3) is 0.364. The van der Waals surface area contributed by atoms with E-state index in [-0.39, 0.29) is 5.91 Å². The average molecular weight is 291 g/mol. The summed E-state index contributed by atoms with van der Waals surface area (Å²) in [6.07, 6.45) is 0.364. The summed E-state index contributed by atoms with van der Waals surface area (Å²) in [5.41, 5.74) is 0.880. The molecule has 4 heteroatoms. The molecular formula is C11H13BrClNO. The second-order valence-electron chi connectivity index (χ2n) is 3.27. The first-order chi connectivity index (χ1) is 7.15. The van der Waals surface area contributed by atoms with Gasteiger partial charge >= 0.3 is 0 Å². The lowest BCUT2D eigenvalue weighted by Gasteiger charge is -2.15. The molecule has 0 aliphatic rings. The Morgan fingerprint density at radius 2 is 2.13 bits per heavy atom. The van der Waals surface area contributed by atoms with Crippen molar-refractivity contribution >= 4 is 33.4 Å². The van der Waals surface area contributed by atoms with Crippen LogP contribution in [0, 0.1) is 0 Å². The molecular weight excluding hydrogens is 277 g/mol. The van der Waals surface area contributed by atoms with Gasteiger partial charge in [0.25, 0.3) is 0 Å². The van der Waals surface area contributed by atoms with Crippen molar-refractivity contribution in [1.82, 2.24) is 4.90 Å². The minimum Gasteiger partial charge on any atom is -0.345 e.